The van der Waals surface area contributed by atoms with Crippen molar-refractivity contribution in [1.29, 1.82) is 0 Å². The minimum Gasteiger partial charge on any atom is -0.476 e. The molecule has 0 radical (unpaired) electrons. The smallest absolute Gasteiger partial charge is 0.358 e. The molecule has 0 bridgehead atoms. The van der Waals surface area contributed by atoms with Gasteiger partial charge in [0.05, 0.1) is 12.2 Å². The van der Waals surface area contributed by atoms with E-state index >= 15 is 0 Å². The van der Waals surface area contributed by atoms with E-state index < -0.39 is 5.97 Å². The Bertz CT molecular complexity index is 642. The number of carboxylic acids is 1. The van der Waals surface area contributed by atoms with Gasteiger partial charge in [0, 0.05) is 0 Å². The average molecular weight is 301 g/mol. The number of aromatic nitrogens is 3. The van der Waals surface area contributed by atoms with Gasteiger partial charge in [0.2, 0.25) is 0 Å². The van der Waals surface area contributed by atoms with Crippen LogP contribution in [0.1, 0.15) is 60.9 Å². The quantitative estimate of drug-likeness (QED) is 0.888. The summed E-state index contributed by atoms with van der Waals surface area (Å²) < 4.78 is 1.70. The molecule has 5 nitrogen and oxygen atoms in total. The van der Waals surface area contributed by atoms with Crippen molar-refractivity contribution in [2.45, 2.75) is 46.6 Å². The zero-order valence-corrected chi connectivity index (χ0v) is 13.6. The van der Waals surface area contributed by atoms with E-state index in [1.54, 1.807) is 4.68 Å². The van der Waals surface area contributed by atoms with Crippen LogP contribution in [0, 0.1) is 5.92 Å². The Labute approximate surface area is 131 Å². The van der Waals surface area contributed by atoms with E-state index in [2.05, 4.69) is 62.3 Å². The van der Waals surface area contributed by atoms with Crippen molar-refractivity contribution in [2.75, 3.05) is 0 Å². The van der Waals surface area contributed by atoms with E-state index in [9.17, 15) is 9.90 Å². The number of hydrogen-bond acceptors (Lipinski definition) is 3. The number of hydrogen-bond donors (Lipinski definition) is 1. The molecule has 1 aromatic heterocycles. The molecule has 5 heteroatoms. The van der Waals surface area contributed by atoms with Crippen LogP contribution in [0.2, 0.25) is 0 Å². The third kappa shape index (κ3) is 3.72. The lowest BCUT2D eigenvalue weighted by molar-refractivity contribution is 0.0689. The number of nitrogens with zero attached hydrogens (tertiary/aromatic N) is 3. The molecule has 0 saturated heterocycles. The summed E-state index contributed by atoms with van der Waals surface area (Å²) in [5.41, 5.74) is 3.13. The van der Waals surface area contributed by atoms with Gasteiger partial charge in [0.25, 0.3) is 0 Å². The zero-order chi connectivity index (χ0) is 16.3. The number of carboxylic acid groups (broad SMARTS) is 1. The first-order valence-corrected chi connectivity index (χ1v) is 7.63. The van der Waals surface area contributed by atoms with Crippen LogP contribution >= 0.6 is 0 Å². The van der Waals surface area contributed by atoms with Crippen LogP contribution in [0.15, 0.2) is 24.3 Å². The zero-order valence-electron chi connectivity index (χ0n) is 13.6. The highest BCUT2D eigenvalue weighted by Gasteiger charge is 2.19. The minimum absolute atomic E-state index is 0.0625. The van der Waals surface area contributed by atoms with Crippen LogP contribution in [-0.4, -0.2) is 26.1 Å². The van der Waals surface area contributed by atoms with Gasteiger partial charge in [0.15, 0.2) is 5.69 Å². The molecule has 1 N–H and O–H groups in total. The van der Waals surface area contributed by atoms with Gasteiger partial charge < -0.3 is 5.11 Å². The summed E-state index contributed by atoms with van der Waals surface area (Å²) in [5.74, 6) is -0.175. The fourth-order valence-corrected chi connectivity index (χ4v) is 2.40. The third-order valence-corrected chi connectivity index (χ3v) is 3.62. The van der Waals surface area contributed by atoms with Crippen molar-refractivity contribution in [3.05, 3.63) is 46.8 Å². The van der Waals surface area contributed by atoms with Gasteiger partial charge in [-0.3, -0.25) is 0 Å². The number of rotatable bonds is 6. The Morgan fingerprint density at radius 1 is 1.18 bits per heavy atom. The SMILES string of the molecule is CC(C)Cc1c(C(=O)O)nnn1Cc1ccc(C(C)C)cc1. The van der Waals surface area contributed by atoms with Gasteiger partial charge in [-0.05, 0) is 29.4 Å². The van der Waals surface area contributed by atoms with Crippen LogP contribution in [0.5, 0.6) is 0 Å². The Hall–Kier alpha value is -2.17. The summed E-state index contributed by atoms with van der Waals surface area (Å²) in [5, 5.41) is 17.1. The maximum atomic E-state index is 11.3. The molecular formula is C17H23N3O2. The van der Waals surface area contributed by atoms with Gasteiger partial charge in [-0.25, -0.2) is 9.48 Å². The summed E-state index contributed by atoms with van der Waals surface area (Å²) in [4.78, 5) is 11.3. The Morgan fingerprint density at radius 2 is 1.82 bits per heavy atom. The second kappa shape index (κ2) is 6.73. The van der Waals surface area contributed by atoms with Crippen LogP contribution in [0.3, 0.4) is 0 Å². The topological polar surface area (TPSA) is 68.0 Å². The Balaban J connectivity index is 2.26. The normalized spacial score (nSPS) is 11.4. The molecule has 0 fully saturated rings. The Morgan fingerprint density at radius 3 is 2.32 bits per heavy atom. The van der Waals surface area contributed by atoms with Crippen molar-refractivity contribution in [3.8, 4) is 0 Å². The molecule has 0 aliphatic rings. The first kappa shape index (κ1) is 16.2. The van der Waals surface area contributed by atoms with E-state index in [0.717, 1.165) is 5.56 Å². The molecule has 0 atom stereocenters. The second-order valence-electron chi connectivity index (χ2n) is 6.34. The summed E-state index contributed by atoms with van der Waals surface area (Å²) in [6.07, 6.45) is 0.651. The van der Waals surface area contributed by atoms with Gasteiger partial charge in [-0.15, -0.1) is 5.10 Å². The molecule has 1 heterocycles. The fourth-order valence-electron chi connectivity index (χ4n) is 2.40. The van der Waals surface area contributed by atoms with Gasteiger partial charge >= 0.3 is 5.97 Å². The molecule has 0 aliphatic carbocycles. The first-order chi connectivity index (χ1) is 10.4. The molecule has 0 unspecified atom stereocenters. The molecule has 0 saturated carbocycles. The molecule has 2 aromatic rings. The van der Waals surface area contributed by atoms with Gasteiger partial charge in [-0.2, -0.15) is 0 Å². The van der Waals surface area contributed by atoms with E-state index in [1.165, 1.54) is 5.56 Å². The van der Waals surface area contributed by atoms with Crippen LogP contribution in [0.4, 0.5) is 0 Å². The number of carbonyl (C=O) groups is 1. The first-order valence-electron chi connectivity index (χ1n) is 7.63. The molecular weight excluding hydrogens is 278 g/mol. The van der Waals surface area contributed by atoms with E-state index in [4.69, 9.17) is 0 Å². The van der Waals surface area contributed by atoms with Crippen LogP contribution in [0.25, 0.3) is 0 Å². The maximum Gasteiger partial charge on any atom is 0.358 e. The molecule has 0 aliphatic heterocycles. The van der Waals surface area contributed by atoms with Crippen molar-refractivity contribution in [3.63, 3.8) is 0 Å². The lowest BCUT2D eigenvalue weighted by atomic mass is 10.0. The van der Waals surface area contributed by atoms with Crippen LogP contribution < -0.4 is 0 Å². The van der Waals surface area contributed by atoms with Crippen LogP contribution in [-0.2, 0) is 13.0 Å². The highest BCUT2D eigenvalue weighted by molar-refractivity contribution is 5.86. The van der Waals surface area contributed by atoms with Gasteiger partial charge in [0.1, 0.15) is 0 Å². The average Bonchev–Trinajstić information content (AvgIpc) is 2.82. The third-order valence-electron chi connectivity index (χ3n) is 3.62. The minimum atomic E-state index is -1.02. The lowest BCUT2D eigenvalue weighted by Crippen LogP contribution is -2.12. The largest absolute Gasteiger partial charge is 0.476 e. The van der Waals surface area contributed by atoms with Crippen molar-refractivity contribution < 1.29 is 9.90 Å². The lowest BCUT2D eigenvalue weighted by Gasteiger charge is -2.10. The standard InChI is InChI=1S/C17H23N3O2/c1-11(2)9-15-16(17(21)22)18-19-20(15)10-13-5-7-14(8-6-13)12(3)4/h5-8,11-12H,9-10H2,1-4H3,(H,21,22). The van der Waals surface area contributed by atoms with E-state index in [1.807, 2.05) is 0 Å². The molecule has 0 amide bonds. The second-order valence-corrected chi connectivity index (χ2v) is 6.34. The summed E-state index contributed by atoms with van der Waals surface area (Å²) in [6, 6.07) is 8.35. The number of benzene rings is 1. The van der Waals surface area contributed by atoms with Gasteiger partial charge in [-0.1, -0.05) is 57.2 Å². The van der Waals surface area contributed by atoms with Crippen molar-refractivity contribution in [1.82, 2.24) is 15.0 Å². The summed E-state index contributed by atoms with van der Waals surface area (Å²) in [7, 11) is 0. The maximum absolute atomic E-state index is 11.3. The highest BCUT2D eigenvalue weighted by atomic mass is 16.4. The molecule has 22 heavy (non-hydrogen) atoms. The fraction of sp³-hybridized carbons (Fsp3) is 0.471. The predicted molar refractivity (Wildman–Crippen MR) is 85.2 cm³/mol. The predicted octanol–water partition coefficient (Wildman–Crippen LogP) is 3.35. The Kier molecular flexibility index (Phi) is 4.96. The summed E-state index contributed by atoms with van der Waals surface area (Å²) >= 11 is 0. The highest BCUT2D eigenvalue weighted by Crippen LogP contribution is 2.17. The molecule has 118 valence electrons. The van der Waals surface area contributed by atoms with E-state index in [0.29, 0.717) is 30.5 Å². The molecule has 0 spiro atoms. The number of aromatic carboxylic acids is 1. The molecule has 1 aromatic carbocycles. The van der Waals surface area contributed by atoms with Crippen molar-refractivity contribution in [2.24, 2.45) is 5.92 Å². The summed E-state index contributed by atoms with van der Waals surface area (Å²) in [6.45, 7) is 8.97. The van der Waals surface area contributed by atoms with Crippen molar-refractivity contribution >= 4 is 5.97 Å². The van der Waals surface area contributed by atoms with E-state index in [-0.39, 0.29) is 5.69 Å². The molecule has 2 rings (SSSR count). The monoisotopic (exact) mass is 301 g/mol.